The lowest BCUT2D eigenvalue weighted by molar-refractivity contribution is 0.831. The first-order valence-corrected chi connectivity index (χ1v) is 5.84. The molecule has 1 heterocycles. The minimum atomic E-state index is 1.12. The van der Waals surface area contributed by atoms with Crippen LogP contribution in [-0.4, -0.2) is 9.78 Å². The molecule has 0 bridgehead atoms. The molecule has 0 saturated heterocycles. The summed E-state index contributed by atoms with van der Waals surface area (Å²) in [6.07, 6.45) is 2.28. The van der Waals surface area contributed by atoms with Gasteiger partial charge in [0.25, 0.3) is 0 Å². The average molecular weight is 214 g/mol. The number of aryl methyl sites for hydroxylation is 1. The van der Waals surface area contributed by atoms with Crippen LogP contribution in [-0.2, 0) is 6.42 Å². The van der Waals surface area contributed by atoms with Crippen molar-refractivity contribution < 1.29 is 0 Å². The Labute approximate surface area is 96.9 Å². The largest absolute Gasteiger partial charge is 0.238 e. The van der Waals surface area contributed by atoms with Crippen LogP contribution in [0.25, 0.3) is 5.69 Å². The van der Waals surface area contributed by atoms with Gasteiger partial charge in [0.05, 0.1) is 11.4 Å². The number of nitrogens with zero attached hydrogens (tertiary/aromatic N) is 2. The molecule has 84 valence electrons. The lowest BCUT2D eigenvalue weighted by Gasteiger charge is -2.04. The summed E-state index contributed by atoms with van der Waals surface area (Å²) in [5, 5.41) is 4.62. The maximum atomic E-state index is 4.62. The molecule has 0 radical (unpaired) electrons. The topological polar surface area (TPSA) is 17.8 Å². The number of rotatable bonds is 3. The van der Waals surface area contributed by atoms with Gasteiger partial charge < -0.3 is 0 Å². The maximum absolute atomic E-state index is 4.62. The van der Waals surface area contributed by atoms with E-state index in [4.69, 9.17) is 0 Å². The Bertz CT molecular complexity index is 469. The first-order valence-electron chi connectivity index (χ1n) is 5.84. The van der Waals surface area contributed by atoms with Gasteiger partial charge in [-0.1, -0.05) is 31.5 Å². The predicted molar refractivity (Wildman–Crippen MR) is 67.0 cm³/mol. The highest BCUT2D eigenvalue weighted by molar-refractivity contribution is 5.36. The SMILES string of the molecule is CCCc1c(C)nn(-c2ccccc2)c1C. The predicted octanol–water partition coefficient (Wildman–Crippen LogP) is 3.44. The minimum absolute atomic E-state index is 1.12. The zero-order valence-corrected chi connectivity index (χ0v) is 10.2. The van der Waals surface area contributed by atoms with Crippen LogP contribution in [0, 0.1) is 13.8 Å². The summed E-state index contributed by atoms with van der Waals surface area (Å²) in [5.74, 6) is 0. The van der Waals surface area contributed by atoms with Crippen molar-refractivity contribution in [1.82, 2.24) is 9.78 Å². The number of benzene rings is 1. The van der Waals surface area contributed by atoms with Crippen LogP contribution in [0.5, 0.6) is 0 Å². The van der Waals surface area contributed by atoms with Crippen molar-refractivity contribution in [1.29, 1.82) is 0 Å². The van der Waals surface area contributed by atoms with Crippen molar-refractivity contribution >= 4 is 0 Å². The van der Waals surface area contributed by atoms with Gasteiger partial charge in [-0.2, -0.15) is 5.10 Å². The molecule has 1 aromatic carbocycles. The van der Waals surface area contributed by atoms with Crippen LogP contribution in [0.4, 0.5) is 0 Å². The molecule has 2 rings (SSSR count). The highest BCUT2D eigenvalue weighted by Gasteiger charge is 2.11. The number of para-hydroxylation sites is 1. The Morgan fingerprint density at radius 3 is 2.44 bits per heavy atom. The summed E-state index contributed by atoms with van der Waals surface area (Å²) in [4.78, 5) is 0. The lowest BCUT2D eigenvalue weighted by Crippen LogP contribution is -1.99. The molecule has 0 aliphatic carbocycles. The number of hydrogen-bond donors (Lipinski definition) is 0. The van der Waals surface area contributed by atoms with E-state index in [1.165, 1.54) is 17.7 Å². The van der Waals surface area contributed by atoms with Gasteiger partial charge in [0, 0.05) is 5.69 Å². The van der Waals surface area contributed by atoms with Gasteiger partial charge in [-0.15, -0.1) is 0 Å². The molecular formula is C14H18N2. The molecule has 2 heteroatoms. The Hall–Kier alpha value is -1.57. The van der Waals surface area contributed by atoms with E-state index in [2.05, 4.69) is 38.0 Å². The average Bonchev–Trinajstić information content (AvgIpc) is 2.59. The first kappa shape index (κ1) is 10.9. The van der Waals surface area contributed by atoms with E-state index in [0.717, 1.165) is 17.8 Å². The molecule has 1 aromatic heterocycles. The van der Waals surface area contributed by atoms with Gasteiger partial charge >= 0.3 is 0 Å². The van der Waals surface area contributed by atoms with Crippen molar-refractivity contribution in [2.24, 2.45) is 0 Å². The third-order valence-corrected chi connectivity index (χ3v) is 2.94. The number of hydrogen-bond acceptors (Lipinski definition) is 1. The van der Waals surface area contributed by atoms with E-state index in [0.29, 0.717) is 0 Å². The highest BCUT2D eigenvalue weighted by atomic mass is 15.3. The Balaban J connectivity index is 2.47. The van der Waals surface area contributed by atoms with Gasteiger partial charge in [-0.3, -0.25) is 0 Å². The minimum Gasteiger partial charge on any atom is -0.238 e. The molecular weight excluding hydrogens is 196 g/mol. The summed E-state index contributed by atoms with van der Waals surface area (Å²) < 4.78 is 2.04. The normalized spacial score (nSPS) is 10.7. The summed E-state index contributed by atoms with van der Waals surface area (Å²) in [5.41, 5.74) is 4.96. The molecule has 0 aliphatic rings. The fraction of sp³-hybridized carbons (Fsp3) is 0.357. The second kappa shape index (κ2) is 4.52. The van der Waals surface area contributed by atoms with Crippen LogP contribution in [0.3, 0.4) is 0 Å². The molecule has 0 atom stereocenters. The summed E-state index contributed by atoms with van der Waals surface area (Å²) in [7, 11) is 0. The molecule has 0 amide bonds. The Morgan fingerprint density at radius 1 is 1.12 bits per heavy atom. The zero-order chi connectivity index (χ0) is 11.5. The van der Waals surface area contributed by atoms with Gasteiger partial charge in [-0.25, -0.2) is 4.68 Å². The number of aromatic nitrogens is 2. The van der Waals surface area contributed by atoms with E-state index in [1.807, 2.05) is 22.9 Å². The Morgan fingerprint density at radius 2 is 1.81 bits per heavy atom. The fourth-order valence-electron chi connectivity index (χ4n) is 2.11. The van der Waals surface area contributed by atoms with Crippen molar-refractivity contribution in [2.45, 2.75) is 33.6 Å². The van der Waals surface area contributed by atoms with Gasteiger partial charge in [0.2, 0.25) is 0 Å². The van der Waals surface area contributed by atoms with Crippen LogP contribution in [0.1, 0.15) is 30.3 Å². The maximum Gasteiger partial charge on any atom is 0.0648 e. The zero-order valence-electron chi connectivity index (χ0n) is 10.2. The molecule has 2 nitrogen and oxygen atoms in total. The molecule has 0 aliphatic heterocycles. The quantitative estimate of drug-likeness (QED) is 0.765. The van der Waals surface area contributed by atoms with E-state index >= 15 is 0 Å². The van der Waals surface area contributed by atoms with Crippen molar-refractivity contribution in [3.8, 4) is 5.69 Å². The van der Waals surface area contributed by atoms with Crippen molar-refractivity contribution in [3.63, 3.8) is 0 Å². The van der Waals surface area contributed by atoms with E-state index < -0.39 is 0 Å². The third kappa shape index (κ3) is 1.87. The molecule has 0 spiro atoms. The molecule has 0 unspecified atom stereocenters. The van der Waals surface area contributed by atoms with Crippen LogP contribution >= 0.6 is 0 Å². The molecule has 2 aromatic rings. The van der Waals surface area contributed by atoms with Crippen LogP contribution < -0.4 is 0 Å². The highest BCUT2D eigenvalue weighted by Crippen LogP contribution is 2.18. The van der Waals surface area contributed by atoms with Crippen LogP contribution in [0.15, 0.2) is 30.3 Å². The molecule has 0 fully saturated rings. The van der Waals surface area contributed by atoms with Crippen LogP contribution in [0.2, 0.25) is 0 Å². The standard InChI is InChI=1S/C14H18N2/c1-4-8-14-11(2)15-16(12(14)3)13-9-6-5-7-10-13/h5-7,9-10H,4,8H2,1-3H3. The molecule has 16 heavy (non-hydrogen) atoms. The first-order chi connectivity index (χ1) is 7.74. The van der Waals surface area contributed by atoms with Crippen molar-refractivity contribution in [3.05, 3.63) is 47.3 Å². The van der Waals surface area contributed by atoms with E-state index in [-0.39, 0.29) is 0 Å². The summed E-state index contributed by atoms with van der Waals surface area (Å²) in [6, 6.07) is 10.3. The smallest absolute Gasteiger partial charge is 0.0648 e. The fourth-order valence-corrected chi connectivity index (χ4v) is 2.11. The van der Waals surface area contributed by atoms with Crippen molar-refractivity contribution in [2.75, 3.05) is 0 Å². The lowest BCUT2D eigenvalue weighted by atomic mass is 10.1. The van der Waals surface area contributed by atoms with Gasteiger partial charge in [-0.05, 0) is 38.0 Å². The Kier molecular flexibility index (Phi) is 3.09. The molecule has 0 saturated carbocycles. The van der Waals surface area contributed by atoms with Gasteiger partial charge in [0.1, 0.15) is 0 Å². The molecule has 0 N–H and O–H groups in total. The second-order valence-electron chi connectivity index (χ2n) is 4.15. The summed E-state index contributed by atoms with van der Waals surface area (Å²) >= 11 is 0. The van der Waals surface area contributed by atoms with E-state index in [9.17, 15) is 0 Å². The second-order valence-corrected chi connectivity index (χ2v) is 4.15. The summed E-state index contributed by atoms with van der Waals surface area (Å²) in [6.45, 7) is 6.45. The monoisotopic (exact) mass is 214 g/mol. The van der Waals surface area contributed by atoms with Gasteiger partial charge in [0.15, 0.2) is 0 Å². The van der Waals surface area contributed by atoms with E-state index in [1.54, 1.807) is 0 Å². The third-order valence-electron chi connectivity index (χ3n) is 2.94.